The summed E-state index contributed by atoms with van der Waals surface area (Å²) in [7, 11) is -1.93. The Morgan fingerprint density at radius 2 is 1.61 bits per heavy atom. The molecule has 2 aromatic heterocycles. The lowest BCUT2D eigenvalue weighted by Gasteiger charge is -2.10. The highest BCUT2D eigenvalue weighted by atomic mass is 32.2. The topological polar surface area (TPSA) is 129 Å². The Hall–Kier alpha value is -3.43. The smallest absolute Gasteiger partial charge is 0.182 e. The molecule has 1 fully saturated rings. The molecule has 6 rings (SSSR count). The maximum atomic E-state index is 12.0. The largest absolute Gasteiger partial charge is 0.870 e. The highest BCUT2D eigenvalue weighted by Gasteiger charge is 2.39. The molecule has 0 spiro atoms. The maximum absolute atomic E-state index is 12.0. The van der Waals surface area contributed by atoms with Crippen LogP contribution in [0.5, 0.6) is 0 Å². The molecule has 0 amide bonds. The van der Waals surface area contributed by atoms with E-state index >= 15 is 0 Å². The van der Waals surface area contributed by atoms with Crippen molar-refractivity contribution in [1.82, 2.24) is 14.6 Å². The summed E-state index contributed by atoms with van der Waals surface area (Å²) in [6, 6.07) is 20.0. The van der Waals surface area contributed by atoms with Crippen molar-refractivity contribution in [1.29, 1.82) is 0 Å². The van der Waals surface area contributed by atoms with Crippen LogP contribution in [-0.4, -0.2) is 20.1 Å². The Labute approximate surface area is 193 Å². The lowest BCUT2D eigenvalue weighted by atomic mass is 10.00. The van der Waals surface area contributed by atoms with E-state index in [0.717, 1.165) is 51.5 Å². The summed E-state index contributed by atoms with van der Waals surface area (Å²) in [5.74, 6) is 0. The van der Waals surface area contributed by atoms with Gasteiger partial charge in [0.1, 0.15) is 0 Å². The Kier molecular flexibility index (Phi) is 5.10. The number of nitrogens with two attached hydrogens (primary N) is 2. The summed E-state index contributed by atoms with van der Waals surface area (Å²) in [4.78, 5) is 5.39. The summed E-state index contributed by atoms with van der Waals surface area (Å²) < 4.78 is 13.8. The van der Waals surface area contributed by atoms with Crippen molar-refractivity contribution in [3.05, 3.63) is 84.8 Å². The van der Waals surface area contributed by atoms with E-state index < -0.39 is 11.0 Å². The predicted molar refractivity (Wildman–Crippen MR) is 130 cm³/mol. The summed E-state index contributed by atoms with van der Waals surface area (Å²) in [6.07, 6.45) is 7.78. The summed E-state index contributed by atoms with van der Waals surface area (Å²) in [6.45, 7) is 0. The zero-order valence-electron chi connectivity index (χ0n) is 17.7. The molecule has 5 aromatic rings. The number of hydrogen-bond donors (Lipinski definition) is 2. The Morgan fingerprint density at radius 3 is 2.30 bits per heavy atom. The first-order chi connectivity index (χ1) is 15.5. The van der Waals surface area contributed by atoms with Crippen molar-refractivity contribution in [2.24, 2.45) is 10.9 Å². The van der Waals surface area contributed by atoms with Gasteiger partial charge in [0.05, 0.1) is 6.20 Å². The Bertz CT molecular complexity index is 1520. The van der Waals surface area contributed by atoms with Gasteiger partial charge < -0.3 is 11.2 Å². The zero-order chi connectivity index (χ0) is 21.9. The van der Waals surface area contributed by atoms with Gasteiger partial charge in [0, 0.05) is 34.4 Å². The average Bonchev–Trinajstić information content (AvgIpc) is 3.44. The number of benzene rings is 3. The third-order valence-electron chi connectivity index (χ3n) is 6.37. The number of hydrogen-bond acceptors (Lipinski definition) is 5. The van der Waals surface area contributed by atoms with Gasteiger partial charge in [-0.25, -0.2) is 9.50 Å². The fraction of sp³-hybridized carbons (Fsp3) is 0.120. The van der Waals surface area contributed by atoms with E-state index in [4.69, 9.17) is 15.9 Å². The molecule has 3 aromatic carbocycles. The standard InChI is InChI=1S/C25H21N5OS.H2O/c26-25(11-12-25)18-7-5-16(6-8-18)17-13-28-24-22(14-29-30(24)15-17)20-9-10-23(32(27)31)21-4-2-1-3-19(20)21;/h1-10,13-15H,11-12,26H2,(H2,27,31);1H2. The molecule has 0 bridgehead atoms. The first-order valence-corrected chi connectivity index (χ1v) is 11.8. The van der Waals surface area contributed by atoms with Gasteiger partial charge in [0.25, 0.3) is 0 Å². The van der Waals surface area contributed by atoms with Crippen molar-refractivity contribution >= 4 is 27.4 Å². The molecule has 1 aliphatic rings. The summed E-state index contributed by atoms with van der Waals surface area (Å²) in [5.41, 5.74) is 12.1. The van der Waals surface area contributed by atoms with Crippen LogP contribution in [0.15, 0.2) is 84.1 Å². The molecule has 0 saturated heterocycles. The molecule has 5 N–H and O–H groups in total. The van der Waals surface area contributed by atoms with Crippen LogP contribution in [0.4, 0.5) is 0 Å². The predicted octanol–water partition coefficient (Wildman–Crippen LogP) is 3.92. The number of nitrogens with zero attached hydrogens (tertiary/aromatic N) is 3. The lowest BCUT2D eigenvalue weighted by molar-refractivity contribution is 0.597. The van der Waals surface area contributed by atoms with Crippen molar-refractivity contribution in [3.8, 4) is 22.3 Å². The van der Waals surface area contributed by atoms with Crippen LogP contribution in [0.2, 0.25) is 0 Å². The zero-order valence-corrected chi connectivity index (χ0v) is 18.6. The molecule has 1 atom stereocenters. The van der Waals surface area contributed by atoms with Gasteiger partial charge in [-0.3, -0.25) is 0 Å². The molecular weight excluding hydrogens is 434 g/mol. The first-order valence-electron chi connectivity index (χ1n) is 10.5. The van der Waals surface area contributed by atoms with E-state index in [1.807, 2.05) is 55.0 Å². The minimum atomic E-state index is -1.93. The number of aromatic nitrogens is 3. The van der Waals surface area contributed by atoms with Gasteiger partial charge in [-0.15, -0.1) is 5.14 Å². The molecule has 8 heteroatoms. The highest BCUT2D eigenvalue weighted by Crippen LogP contribution is 2.43. The van der Waals surface area contributed by atoms with Gasteiger partial charge in [0.2, 0.25) is 0 Å². The van der Waals surface area contributed by atoms with Crippen LogP contribution in [0.3, 0.4) is 0 Å². The average molecular weight is 458 g/mol. The molecule has 7 nitrogen and oxygen atoms in total. The molecule has 0 radical (unpaired) electrons. The molecule has 33 heavy (non-hydrogen) atoms. The molecular formula is C25H23N5O2S. The van der Waals surface area contributed by atoms with Crippen LogP contribution in [0, 0.1) is 0 Å². The second kappa shape index (κ2) is 7.86. The molecule has 1 aliphatic carbocycles. The van der Waals surface area contributed by atoms with E-state index in [1.54, 1.807) is 4.52 Å². The van der Waals surface area contributed by atoms with E-state index in [9.17, 15) is 4.21 Å². The maximum Gasteiger partial charge on any atom is 0.182 e. The normalized spacial score (nSPS) is 15.3. The van der Waals surface area contributed by atoms with Crippen LogP contribution in [0.1, 0.15) is 18.4 Å². The SMILES string of the molecule is N[SH+](=O)c1ccc(-c2cnn3cc(-c4ccc(C5(N)CC5)cc4)cnc23)c2ccccc12.[OH-]. The van der Waals surface area contributed by atoms with E-state index in [-0.39, 0.29) is 11.0 Å². The monoisotopic (exact) mass is 457 g/mol. The second-order valence-electron chi connectivity index (χ2n) is 8.41. The summed E-state index contributed by atoms with van der Waals surface area (Å²) in [5, 5.41) is 12.1. The van der Waals surface area contributed by atoms with Crippen LogP contribution in [0.25, 0.3) is 38.7 Å². The lowest BCUT2D eigenvalue weighted by Crippen LogP contribution is -2.18. The third kappa shape index (κ3) is 3.53. The fourth-order valence-corrected chi connectivity index (χ4v) is 5.00. The van der Waals surface area contributed by atoms with Gasteiger partial charge in [-0.05, 0) is 53.1 Å². The van der Waals surface area contributed by atoms with E-state index in [2.05, 4.69) is 29.4 Å². The molecule has 166 valence electrons. The quantitative estimate of drug-likeness (QED) is 0.312. The van der Waals surface area contributed by atoms with Crippen molar-refractivity contribution in [2.45, 2.75) is 23.3 Å². The van der Waals surface area contributed by atoms with Gasteiger partial charge in [0.15, 0.2) is 21.5 Å². The second-order valence-corrected chi connectivity index (χ2v) is 9.54. The van der Waals surface area contributed by atoms with Crippen LogP contribution < -0.4 is 10.9 Å². The van der Waals surface area contributed by atoms with Gasteiger partial charge in [-0.1, -0.05) is 46.7 Å². The number of rotatable bonds is 4. The van der Waals surface area contributed by atoms with Crippen molar-refractivity contribution in [2.75, 3.05) is 0 Å². The minimum absolute atomic E-state index is 0. The molecule has 1 saturated carbocycles. The van der Waals surface area contributed by atoms with Crippen molar-refractivity contribution < 1.29 is 9.69 Å². The number of thiol groups is 1. The molecule has 1 unspecified atom stereocenters. The minimum Gasteiger partial charge on any atom is -0.870 e. The van der Waals surface area contributed by atoms with Crippen LogP contribution in [-0.2, 0) is 20.7 Å². The van der Waals surface area contributed by atoms with E-state index in [0.29, 0.717) is 4.90 Å². The summed E-state index contributed by atoms with van der Waals surface area (Å²) >= 11 is 0. The molecule has 0 aliphatic heterocycles. The van der Waals surface area contributed by atoms with Crippen molar-refractivity contribution in [3.63, 3.8) is 0 Å². The Balaban J connectivity index is 0.00000228. The molecule has 2 heterocycles. The third-order valence-corrected chi connectivity index (χ3v) is 7.23. The fourth-order valence-electron chi connectivity index (χ4n) is 4.34. The van der Waals surface area contributed by atoms with Crippen LogP contribution >= 0.6 is 0 Å². The number of fused-ring (bicyclic) bond motifs is 2. The Morgan fingerprint density at radius 1 is 0.879 bits per heavy atom. The van der Waals surface area contributed by atoms with Gasteiger partial charge >= 0.3 is 0 Å². The van der Waals surface area contributed by atoms with Gasteiger partial charge in [-0.2, -0.15) is 5.10 Å². The highest BCUT2D eigenvalue weighted by molar-refractivity contribution is 7.82. The van der Waals surface area contributed by atoms with E-state index in [1.165, 1.54) is 5.56 Å². The first kappa shape index (κ1) is 21.4.